The van der Waals surface area contributed by atoms with Crippen LogP contribution in [0.5, 0.6) is 0 Å². The van der Waals surface area contributed by atoms with Gasteiger partial charge in [-0.2, -0.15) is 0 Å². The van der Waals surface area contributed by atoms with Crippen LogP contribution in [0.1, 0.15) is 93.0 Å². The van der Waals surface area contributed by atoms with E-state index >= 15 is 0 Å². The van der Waals surface area contributed by atoms with Crippen LogP contribution in [-0.4, -0.2) is 8.07 Å². The third-order valence-electron chi connectivity index (χ3n) is 7.99. The van der Waals surface area contributed by atoms with Crippen molar-refractivity contribution >= 4 is 13.3 Å². The quantitative estimate of drug-likeness (QED) is 0.183. The third-order valence-corrected chi connectivity index (χ3v) is 11.8. The average molecular weight is 469 g/mol. The van der Waals surface area contributed by atoms with Crippen molar-refractivity contribution in [2.24, 2.45) is 0 Å². The Bertz CT molecular complexity index is 1000. The Morgan fingerprint density at radius 1 is 0.588 bits per heavy atom. The number of unbranched alkanes of at least 4 members (excludes halogenated alkanes) is 6. The second-order valence-corrected chi connectivity index (χ2v) is 15.6. The molecule has 0 nitrogen and oxygen atoms in total. The average Bonchev–Trinajstić information content (AvgIpc) is 3.20. The maximum Gasteiger partial charge on any atom is 0.0927 e. The topological polar surface area (TPSA) is 0 Å². The lowest BCUT2D eigenvalue weighted by Gasteiger charge is -2.33. The van der Waals surface area contributed by atoms with Gasteiger partial charge in [0.05, 0.1) is 8.07 Å². The highest BCUT2D eigenvalue weighted by molar-refractivity contribution is 6.91. The normalized spacial score (nSPS) is 13.2. The van der Waals surface area contributed by atoms with Crippen LogP contribution in [0.2, 0.25) is 13.1 Å². The van der Waals surface area contributed by atoms with E-state index in [2.05, 4.69) is 93.7 Å². The Hall–Kier alpha value is -2.12. The maximum atomic E-state index is 2.62. The fourth-order valence-corrected chi connectivity index (χ4v) is 9.54. The van der Waals surface area contributed by atoms with Gasteiger partial charge in [-0.3, -0.25) is 0 Å². The molecule has 0 heterocycles. The molecule has 0 aromatic heterocycles. The Kier molecular flexibility index (Phi) is 8.48. The molecule has 1 aliphatic carbocycles. The van der Waals surface area contributed by atoms with Gasteiger partial charge in [0.1, 0.15) is 0 Å². The zero-order chi connectivity index (χ0) is 24.0. The van der Waals surface area contributed by atoms with Crippen molar-refractivity contribution in [3.63, 3.8) is 0 Å². The van der Waals surface area contributed by atoms with Crippen LogP contribution < -0.4 is 5.19 Å². The summed E-state index contributed by atoms with van der Waals surface area (Å²) in [6, 6.07) is 26.1. The minimum absolute atomic E-state index is 0.531. The molecule has 1 aliphatic rings. The Morgan fingerprint density at radius 2 is 1.06 bits per heavy atom. The van der Waals surface area contributed by atoms with Crippen LogP contribution >= 0.6 is 0 Å². The summed E-state index contributed by atoms with van der Waals surface area (Å²) in [5, 5.41) is 1.66. The lowest BCUT2D eigenvalue weighted by atomic mass is 10.0. The Balaban J connectivity index is 1.69. The first kappa shape index (κ1) is 25.0. The number of hydrogen-bond donors (Lipinski definition) is 0. The first-order chi connectivity index (χ1) is 16.6. The van der Waals surface area contributed by atoms with Crippen molar-refractivity contribution < 1.29 is 0 Å². The van der Waals surface area contributed by atoms with Crippen LogP contribution in [0.3, 0.4) is 0 Å². The molecule has 0 atom stereocenters. The predicted molar refractivity (Wildman–Crippen MR) is 153 cm³/mol. The van der Waals surface area contributed by atoms with E-state index in [9.17, 15) is 0 Å². The number of benzene rings is 3. The molecule has 0 aliphatic heterocycles. The van der Waals surface area contributed by atoms with Gasteiger partial charge in [-0.1, -0.05) is 137 Å². The molecule has 0 saturated heterocycles. The number of fused-ring (bicyclic) bond motifs is 3. The van der Waals surface area contributed by atoms with Gasteiger partial charge in [-0.05, 0) is 59.1 Å². The van der Waals surface area contributed by atoms with Crippen molar-refractivity contribution in [2.75, 3.05) is 0 Å². The second kappa shape index (κ2) is 11.5. The van der Waals surface area contributed by atoms with E-state index in [4.69, 9.17) is 0 Å². The predicted octanol–water partition coefficient (Wildman–Crippen LogP) is 9.20. The highest BCUT2D eigenvalue weighted by Crippen LogP contribution is 2.48. The molecule has 3 aromatic carbocycles. The summed E-state index contributed by atoms with van der Waals surface area (Å²) in [5.74, 6) is 0. The molecule has 0 saturated carbocycles. The monoisotopic (exact) mass is 468 g/mol. The molecule has 34 heavy (non-hydrogen) atoms. The van der Waals surface area contributed by atoms with E-state index in [0.717, 1.165) is 0 Å². The molecule has 0 unspecified atom stereocenters. The van der Waals surface area contributed by atoms with Crippen molar-refractivity contribution in [3.8, 4) is 11.1 Å². The van der Waals surface area contributed by atoms with Gasteiger partial charge in [0.15, 0.2) is 0 Å². The van der Waals surface area contributed by atoms with Gasteiger partial charge in [0.25, 0.3) is 0 Å². The summed E-state index contributed by atoms with van der Waals surface area (Å²) < 4.78 is 0. The first-order valence-electron chi connectivity index (χ1n) is 13.9. The fraction of sp³-hybridized carbons (Fsp3) is 0.455. The lowest BCUT2D eigenvalue weighted by Crippen LogP contribution is -2.48. The van der Waals surface area contributed by atoms with Gasteiger partial charge in [0.2, 0.25) is 0 Å². The molecule has 0 N–H and O–H groups in total. The second-order valence-electron chi connectivity index (χ2n) is 11.0. The molecular formula is C33H44Si. The number of aryl methyl sites for hydroxylation is 2. The standard InChI is InChI=1S/C33H44Si/c1-5-7-9-11-17-26-23-27(18-12-10-8-6-2)25-28(24-26)34(3,4)33-31-21-15-13-19-29(31)30-20-14-16-22-32(30)33/h13-16,19-25,33H,5-12,17-18H2,1-4H3. The highest BCUT2D eigenvalue weighted by atomic mass is 28.3. The summed E-state index contributed by atoms with van der Waals surface area (Å²) in [4.78, 5) is 0. The maximum absolute atomic E-state index is 2.62. The van der Waals surface area contributed by atoms with E-state index in [-0.39, 0.29) is 0 Å². The molecule has 3 aromatic rings. The van der Waals surface area contributed by atoms with Crippen LogP contribution in [0.25, 0.3) is 11.1 Å². The van der Waals surface area contributed by atoms with E-state index < -0.39 is 8.07 Å². The summed E-state index contributed by atoms with van der Waals surface area (Å²) in [6.07, 6.45) is 13.2. The highest BCUT2D eigenvalue weighted by Gasteiger charge is 2.41. The van der Waals surface area contributed by atoms with Crippen LogP contribution in [-0.2, 0) is 12.8 Å². The third kappa shape index (κ3) is 5.41. The molecule has 4 rings (SSSR count). The van der Waals surface area contributed by atoms with Gasteiger partial charge in [0, 0.05) is 5.54 Å². The lowest BCUT2D eigenvalue weighted by molar-refractivity contribution is 0.661. The van der Waals surface area contributed by atoms with E-state index in [1.54, 1.807) is 27.4 Å². The van der Waals surface area contributed by atoms with E-state index in [1.807, 2.05) is 0 Å². The van der Waals surface area contributed by atoms with Gasteiger partial charge < -0.3 is 0 Å². The molecule has 0 spiro atoms. The SMILES string of the molecule is CCCCCCc1cc(CCCCCC)cc([Si](C)(C)C2c3ccccc3-c3ccccc32)c1. The molecule has 180 valence electrons. The minimum Gasteiger partial charge on any atom is -0.0654 e. The van der Waals surface area contributed by atoms with Gasteiger partial charge in [-0.25, -0.2) is 0 Å². The minimum atomic E-state index is -1.82. The van der Waals surface area contributed by atoms with E-state index in [1.165, 1.54) is 75.3 Å². The van der Waals surface area contributed by atoms with Crippen molar-refractivity contribution in [3.05, 3.63) is 89.0 Å². The summed E-state index contributed by atoms with van der Waals surface area (Å²) in [6.45, 7) is 9.85. The summed E-state index contributed by atoms with van der Waals surface area (Å²) >= 11 is 0. The fourth-order valence-electron chi connectivity index (χ4n) is 6.03. The molecule has 1 heteroatoms. The van der Waals surface area contributed by atoms with Gasteiger partial charge >= 0.3 is 0 Å². The smallest absolute Gasteiger partial charge is 0.0654 e. The van der Waals surface area contributed by atoms with Crippen molar-refractivity contribution in [2.45, 2.75) is 96.7 Å². The first-order valence-corrected chi connectivity index (χ1v) is 17.0. The molecular weight excluding hydrogens is 424 g/mol. The Labute approximate surface area is 209 Å². The number of rotatable bonds is 12. The largest absolute Gasteiger partial charge is 0.0927 e. The van der Waals surface area contributed by atoms with Crippen molar-refractivity contribution in [1.29, 1.82) is 0 Å². The van der Waals surface area contributed by atoms with Crippen LogP contribution in [0.15, 0.2) is 66.7 Å². The van der Waals surface area contributed by atoms with Crippen molar-refractivity contribution in [1.82, 2.24) is 0 Å². The van der Waals surface area contributed by atoms with Crippen LogP contribution in [0.4, 0.5) is 0 Å². The Morgan fingerprint density at radius 3 is 1.53 bits per heavy atom. The molecule has 0 amide bonds. The van der Waals surface area contributed by atoms with Crippen LogP contribution in [0, 0.1) is 0 Å². The zero-order valence-electron chi connectivity index (χ0n) is 22.0. The summed E-state index contributed by atoms with van der Waals surface area (Å²) in [7, 11) is -1.82. The van der Waals surface area contributed by atoms with Gasteiger partial charge in [-0.15, -0.1) is 0 Å². The summed E-state index contributed by atoms with van der Waals surface area (Å²) in [5.41, 5.74) is 9.72. The number of hydrogen-bond acceptors (Lipinski definition) is 0. The van der Waals surface area contributed by atoms with E-state index in [0.29, 0.717) is 5.54 Å². The molecule has 0 fully saturated rings. The molecule has 0 bridgehead atoms. The molecule has 0 radical (unpaired) electrons. The zero-order valence-corrected chi connectivity index (χ0v) is 23.0.